The van der Waals surface area contributed by atoms with Crippen LogP contribution in [0.5, 0.6) is 11.5 Å². The van der Waals surface area contributed by atoms with E-state index < -0.39 is 12.6 Å². The van der Waals surface area contributed by atoms with Crippen LogP contribution in [-0.4, -0.2) is 78.0 Å². The van der Waals surface area contributed by atoms with Crippen molar-refractivity contribution in [2.24, 2.45) is 5.92 Å². The lowest BCUT2D eigenvalue weighted by Crippen LogP contribution is -2.48. The third-order valence-corrected chi connectivity index (χ3v) is 8.41. The lowest BCUT2D eigenvalue weighted by atomic mass is 9.82. The minimum Gasteiger partial charge on any atom is -0.489 e. The summed E-state index contributed by atoms with van der Waals surface area (Å²) >= 11 is 0. The Kier molecular flexibility index (Phi) is 8.57. The molecule has 0 unspecified atom stereocenters. The van der Waals surface area contributed by atoms with Crippen LogP contribution in [0.3, 0.4) is 0 Å². The van der Waals surface area contributed by atoms with Crippen LogP contribution >= 0.6 is 0 Å². The van der Waals surface area contributed by atoms with Gasteiger partial charge >= 0.3 is 12.6 Å². The van der Waals surface area contributed by atoms with E-state index in [9.17, 15) is 13.6 Å². The predicted octanol–water partition coefficient (Wildman–Crippen LogP) is 4.01. The highest BCUT2D eigenvalue weighted by molar-refractivity contribution is 5.76. The van der Waals surface area contributed by atoms with Crippen molar-refractivity contribution in [3.63, 3.8) is 0 Å². The number of nitrogen functional groups attached to an aromatic ring is 1. The number of rotatable bonds is 11. The maximum absolute atomic E-state index is 12.4. The minimum absolute atomic E-state index is 0.0678. The molecule has 3 aromatic rings. The number of aryl methyl sites for hydroxylation is 1. The topological polar surface area (TPSA) is 123 Å². The predicted molar refractivity (Wildman–Crippen MR) is 155 cm³/mol. The Bertz CT molecular complexity index is 1440. The monoisotopic (exact) mass is 595 g/mol. The van der Waals surface area contributed by atoms with Crippen molar-refractivity contribution < 1.29 is 32.9 Å². The van der Waals surface area contributed by atoms with E-state index in [-0.39, 0.29) is 23.7 Å². The number of nitrogens with two attached hydrogens (primary N) is 1. The largest absolute Gasteiger partial charge is 0.489 e. The summed E-state index contributed by atoms with van der Waals surface area (Å²) in [6, 6.07) is 12.4. The Morgan fingerprint density at radius 2 is 1.77 bits per heavy atom. The van der Waals surface area contributed by atoms with E-state index in [0.29, 0.717) is 26.1 Å². The summed E-state index contributed by atoms with van der Waals surface area (Å²) in [5, 5.41) is 9.02. The van der Waals surface area contributed by atoms with E-state index in [1.807, 2.05) is 18.2 Å². The van der Waals surface area contributed by atoms with Crippen LogP contribution in [0.25, 0.3) is 11.3 Å². The molecule has 2 aromatic carbocycles. The Morgan fingerprint density at radius 3 is 2.49 bits per heavy atom. The average molecular weight is 596 g/mol. The molecule has 3 N–H and O–H groups in total. The summed E-state index contributed by atoms with van der Waals surface area (Å²) in [5.41, 5.74) is 11.2. The molecule has 3 aliphatic rings. The van der Waals surface area contributed by atoms with E-state index >= 15 is 0 Å². The second-order valence-corrected chi connectivity index (χ2v) is 11.2. The highest BCUT2D eigenvalue weighted by Crippen LogP contribution is 2.39. The molecule has 0 spiro atoms. The molecule has 0 amide bonds. The summed E-state index contributed by atoms with van der Waals surface area (Å²) in [5.74, 6) is 0.999. The van der Waals surface area contributed by atoms with Gasteiger partial charge in [0.2, 0.25) is 5.95 Å². The number of hydrogen-bond donors (Lipinski definition) is 2. The number of aliphatic carboxylic acids is 1. The van der Waals surface area contributed by atoms with Crippen molar-refractivity contribution in [2.75, 3.05) is 50.0 Å². The highest BCUT2D eigenvalue weighted by atomic mass is 19.3. The van der Waals surface area contributed by atoms with E-state index in [2.05, 4.69) is 24.5 Å². The van der Waals surface area contributed by atoms with Gasteiger partial charge in [0.1, 0.15) is 23.9 Å². The first kappa shape index (κ1) is 29.1. The van der Waals surface area contributed by atoms with Crippen molar-refractivity contribution in [1.82, 2.24) is 14.9 Å². The van der Waals surface area contributed by atoms with E-state index in [1.54, 1.807) is 12.1 Å². The molecule has 12 heteroatoms. The van der Waals surface area contributed by atoms with Gasteiger partial charge in [-0.15, -0.1) is 0 Å². The van der Waals surface area contributed by atoms with Gasteiger partial charge in [0, 0.05) is 43.9 Å². The van der Waals surface area contributed by atoms with Gasteiger partial charge in [-0.2, -0.15) is 13.8 Å². The SMILES string of the molecule is Nc1nc2c(c(N3CCN(CCOC4CC(C(=O)O)C4)CC3)n1)CCc1cc(OCc3ccc(OC(F)F)cc3)ccc1-2. The van der Waals surface area contributed by atoms with Gasteiger partial charge in [0.05, 0.1) is 24.3 Å². The molecule has 1 aromatic heterocycles. The first-order chi connectivity index (χ1) is 20.8. The number of aromatic nitrogens is 2. The molecule has 0 atom stereocenters. The van der Waals surface area contributed by atoms with Gasteiger partial charge in [0.15, 0.2) is 0 Å². The van der Waals surface area contributed by atoms with Crippen LogP contribution in [0.1, 0.15) is 29.5 Å². The molecule has 228 valence electrons. The molecular weight excluding hydrogens is 560 g/mol. The van der Waals surface area contributed by atoms with E-state index in [1.165, 1.54) is 12.1 Å². The lowest BCUT2D eigenvalue weighted by molar-refractivity contribution is -0.151. The number of piperazine rings is 1. The number of anilines is 2. The zero-order valence-electron chi connectivity index (χ0n) is 23.8. The van der Waals surface area contributed by atoms with Crippen LogP contribution in [0.4, 0.5) is 20.5 Å². The molecule has 10 nitrogen and oxygen atoms in total. The number of halogens is 2. The smallest absolute Gasteiger partial charge is 0.387 e. The maximum atomic E-state index is 12.4. The Labute approximate surface area is 248 Å². The fraction of sp³-hybridized carbons (Fsp3) is 0.452. The van der Waals surface area contributed by atoms with Crippen molar-refractivity contribution in [1.29, 1.82) is 0 Å². The Balaban J connectivity index is 1.05. The Morgan fingerprint density at radius 1 is 1.02 bits per heavy atom. The van der Waals surface area contributed by atoms with Crippen LogP contribution < -0.4 is 20.1 Å². The van der Waals surface area contributed by atoms with Gasteiger partial charge in [-0.25, -0.2) is 4.98 Å². The number of benzene rings is 2. The summed E-state index contributed by atoms with van der Waals surface area (Å²) in [7, 11) is 0. The molecule has 43 heavy (non-hydrogen) atoms. The van der Waals surface area contributed by atoms with Crippen LogP contribution in [0.2, 0.25) is 0 Å². The van der Waals surface area contributed by atoms with Gasteiger partial charge in [0.25, 0.3) is 0 Å². The third kappa shape index (κ3) is 6.80. The first-order valence-corrected chi connectivity index (χ1v) is 14.6. The summed E-state index contributed by atoms with van der Waals surface area (Å²) in [6.07, 6.45) is 2.90. The normalized spacial score (nSPS) is 19.8. The third-order valence-electron chi connectivity index (χ3n) is 8.41. The van der Waals surface area contributed by atoms with Crippen molar-refractivity contribution in [3.05, 3.63) is 59.2 Å². The molecule has 1 saturated heterocycles. The minimum atomic E-state index is -2.85. The van der Waals surface area contributed by atoms with Gasteiger partial charge in [-0.05, 0) is 67.1 Å². The second kappa shape index (κ2) is 12.7. The van der Waals surface area contributed by atoms with Crippen molar-refractivity contribution >= 4 is 17.7 Å². The van der Waals surface area contributed by atoms with Gasteiger partial charge < -0.3 is 30.0 Å². The number of fused-ring (bicyclic) bond motifs is 3. The number of carboxylic acid groups (broad SMARTS) is 1. The molecule has 6 rings (SSSR count). The molecule has 2 aliphatic carbocycles. The number of alkyl halides is 2. The number of ether oxygens (including phenoxy) is 3. The fourth-order valence-electron chi connectivity index (χ4n) is 5.93. The lowest BCUT2D eigenvalue weighted by Gasteiger charge is -2.38. The summed E-state index contributed by atoms with van der Waals surface area (Å²) in [4.78, 5) is 24.9. The Hall–Kier alpha value is -4.03. The van der Waals surface area contributed by atoms with Crippen LogP contribution in [0, 0.1) is 5.92 Å². The second-order valence-electron chi connectivity index (χ2n) is 11.2. The number of nitrogens with zero attached hydrogens (tertiary/aromatic N) is 4. The van der Waals surface area contributed by atoms with Gasteiger partial charge in [-0.1, -0.05) is 12.1 Å². The average Bonchev–Trinajstić information content (AvgIpc) is 2.97. The molecular formula is C31H35F2N5O5. The molecule has 2 fully saturated rings. The zero-order chi connectivity index (χ0) is 29.9. The first-order valence-electron chi connectivity index (χ1n) is 14.6. The van der Waals surface area contributed by atoms with Crippen molar-refractivity contribution in [3.8, 4) is 22.8 Å². The molecule has 0 bridgehead atoms. The van der Waals surface area contributed by atoms with E-state index in [0.717, 1.165) is 85.1 Å². The quantitative estimate of drug-likeness (QED) is 0.336. The summed E-state index contributed by atoms with van der Waals surface area (Å²) < 4.78 is 41.0. The number of carboxylic acids is 1. The summed E-state index contributed by atoms with van der Waals surface area (Å²) in [6.45, 7) is 2.28. The molecule has 1 aliphatic heterocycles. The highest BCUT2D eigenvalue weighted by Gasteiger charge is 2.35. The maximum Gasteiger partial charge on any atom is 0.387 e. The number of hydrogen-bond acceptors (Lipinski definition) is 9. The van der Waals surface area contributed by atoms with E-state index in [4.69, 9.17) is 20.3 Å². The molecule has 1 saturated carbocycles. The van der Waals surface area contributed by atoms with Gasteiger partial charge in [-0.3, -0.25) is 9.69 Å². The van der Waals surface area contributed by atoms with Crippen molar-refractivity contribution in [2.45, 2.75) is 45.0 Å². The standard InChI is InChI=1S/C31H35F2N5O5/c32-30(33)43-22-4-1-19(2-5-22)18-42-23-6-8-25-20(15-23)3-7-26-27(25)35-31(34)36-28(26)38-11-9-37(10-12-38)13-14-41-24-16-21(17-24)29(39)40/h1-2,4-6,8,15,21,24,30H,3,7,9-14,16-18H2,(H,39,40)(H2,34,35,36). The van der Waals surface area contributed by atoms with Crippen LogP contribution in [0.15, 0.2) is 42.5 Å². The molecule has 0 radical (unpaired) electrons. The zero-order valence-corrected chi connectivity index (χ0v) is 23.8. The van der Waals surface area contributed by atoms with Crippen LogP contribution in [-0.2, 0) is 29.0 Å². The molecule has 2 heterocycles. The number of carbonyl (C=O) groups is 1. The fourth-order valence-corrected chi connectivity index (χ4v) is 5.93.